The highest BCUT2D eigenvalue weighted by Gasteiger charge is 2.16. The smallest absolute Gasteiger partial charge is 0.142 e. The van der Waals surface area contributed by atoms with E-state index in [1.807, 2.05) is 19.1 Å². The van der Waals surface area contributed by atoms with Crippen LogP contribution in [-0.2, 0) is 0 Å². The van der Waals surface area contributed by atoms with Gasteiger partial charge in [0.1, 0.15) is 5.75 Å². The van der Waals surface area contributed by atoms with E-state index in [4.69, 9.17) is 4.74 Å². The second-order valence-electron chi connectivity index (χ2n) is 5.18. The van der Waals surface area contributed by atoms with Gasteiger partial charge in [0.15, 0.2) is 0 Å². The van der Waals surface area contributed by atoms with Gasteiger partial charge in [0.25, 0.3) is 0 Å². The highest BCUT2D eigenvalue weighted by molar-refractivity contribution is 5.60. The van der Waals surface area contributed by atoms with E-state index in [2.05, 4.69) is 41.3 Å². The first-order chi connectivity index (χ1) is 9.85. The molecule has 0 radical (unpaired) electrons. The summed E-state index contributed by atoms with van der Waals surface area (Å²) in [5.74, 6) is 0.965. The maximum Gasteiger partial charge on any atom is 0.142 e. The fourth-order valence-corrected chi connectivity index (χ4v) is 2.48. The molecule has 0 unspecified atom stereocenters. The van der Waals surface area contributed by atoms with Crippen molar-refractivity contribution in [1.82, 2.24) is 4.90 Å². The number of rotatable bonds is 8. The minimum atomic E-state index is 0.704. The Morgan fingerprint density at radius 3 is 2.70 bits per heavy atom. The molecule has 2 rings (SSSR count). The Morgan fingerprint density at radius 1 is 1.05 bits per heavy atom. The van der Waals surface area contributed by atoms with Crippen LogP contribution in [0.3, 0.4) is 0 Å². The zero-order valence-electron chi connectivity index (χ0n) is 12.7. The zero-order chi connectivity index (χ0) is 14.2. The van der Waals surface area contributed by atoms with Crippen molar-refractivity contribution in [2.45, 2.75) is 39.5 Å². The zero-order valence-corrected chi connectivity index (χ0v) is 12.7. The van der Waals surface area contributed by atoms with Crippen LogP contribution < -0.4 is 9.64 Å². The van der Waals surface area contributed by atoms with Crippen LogP contribution in [0.15, 0.2) is 36.7 Å². The Balaban J connectivity index is 1.88. The quantitative estimate of drug-likeness (QED) is 0.660. The molecule has 110 valence electrons. The van der Waals surface area contributed by atoms with Crippen LogP contribution in [0.25, 0.3) is 0 Å². The minimum absolute atomic E-state index is 0.704. The van der Waals surface area contributed by atoms with Gasteiger partial charge in [-0.3, -0.25) is 0 Å². The SMILES string of the molecule is CCCCCCN1C=CN(c2ccccc2OCC)C1. The number of hydrogen-bond acceptors (Lipinski definition) is 3. The number of ether oxygens (including phenoxy) is 1. The molecule has 1 aromatic carbocycles. The summed E-state index contributed by atoms with van der Waals surface area (Å²) < 4.78 is 5.70. The summed E-state index contributed by atoms with van der Waals surface area (Å²) in [4.78, 5) is 4.63. The summed E-state index contributed by atoms with van der Waals surface area (Å²) in [6.45, 7) is 7.05. The molecule has 1 aliphatic heterocycles. The number of unbranched alkanes of at least 4 members (excludes halogenated alkanes) is 3. The van der Waals surface area contributed by atoms with Crippen LogP contribution in [0, 0.1) is 0 Å². The largest absolute Gasteiger partial charge is 0.492 e. The highest BCUT2D eigenvalue weighted by atomic mass is 16.5. The third kappa shape index (κ3) is 3.92. The van der Waals surface area contributed by atoms with Gasteiger partial charge in [-0.2, -0.15) is 0 Å². The Labute approximate surface area is 122 Å². The van der Waals surface area contributed by atoms with E-state index in [-0.39, 0.29) is 0 Å². The number of para-hydroxylation sites is 2. The molecule has 0 amide bonds. The molecular weight excluding hydrogens is 248 g/mol. The molecule has 20 heavy (non-hydrogen) atoms. The third-order valence-electron chi connectivity index (χ3n) is 3.56. The monoisotopic (exact) mass is 274 g/mol. The maximum absolute atomic E-state index is 5.70. The van der Waals surface area contributed by atoms with Gasteiger partial charge in [0.05, 0.1) is 19.0 Å². The second kappa shape index (κ2) is 7.83. The van der Waals surface area contributed by atoms with Crippen LogP contribution in [0.1, 0.15) is 39.5 Å². The molecule has 0 aliphatic carbocycles. The lowest BCUT2D eigenvalue weighted by Gasteiger charge is -2.23. The first kappa shape index (κ1) is 14.8. The van der Waals surface area contributed by atoms with Crippen molar-refractivity contribution < 1.29 is 4.74 Å². The molecule has 0 spiro atoms. The fourth-order valence-electron chi connectivity index (χ4n) is 2.48. The van der Waals surface area contributed by atoms with Gasteiger partial charge in [-0.1, -0.05) is 38.3 Å². The first-order valence-corrected chi connectivity index (χ1v) is 7.76. The minimum Gasteiger partial charge on any atom is -0.492 e. The molecule has 0 atom stereocenters. The number of benzene rings is 1. The van der Waals surface area contributed by atoms with Crippen molar-refractivity contribution in [3.05, 3.63) is 36.7 Å². The molecule has 1 aromatic rings. The molecular formula is C17H26N2O. The molecule has 0 aromatic heterocycles. The standard InChI is InChI=1S/C17H26N2O/c1-3-5-6-9-12-18-13-14-19(15-18)16-10-7-8-11-17(16)20-4-2/h7-8,10-11,13-14H,3-6,9,12,15H2,1-2H3. The van der Waals surface area contributed by atoms with Gasteiger partial charge in [-0.15, -0.1) is 0 Å². The molecule has 0 N–H and O–H groups in total. The summed E-state index contributed by atoms with van der Waals surface area (Å²) in [5.41, 5.74) is 1.15. The predicted octanol–water partition coefficient (Wildman–Crippen LogP) is 4.22. The highest BCUT2D eigenvalue weighted by Crippen LogP contribution is 2.30. The summed E-state index contributed by atoms with van der Waals surface area (Å²) in [6.07, 6.45) is 9.58. The summed E-state index contributed by atoms with van der Waals surface area (Å²) in [5, 5.41) is 0. The molecule has 0 fully saturated rings. The van der Waals surface area contributed by atoms with E-state index in [9.17, 15) is 0 Å². The van der Waals surface area contributed by atoms with Crippen molar-refractivity contribution in [3.8, 4) is 5.75 Å². The average Bonchev–Trinajstić information content (AvgIpc) is 2.93. The molecule has 3 heteroatoms. The summed E-state index contributed by atoms with van der Waals surface area (Å²) in [7, 11) is 0. The van der Waals surface area contributed by atoms with Gasteiger partial charge < -0.3 is 14.5 Å². The van der Waals surface area contributed by atoms with Crippen molar-refractivity contribution in [3.63, 3.8) is 0 Å². The van der Waals surface area contributed by atoms with Gasteiger partial charge >= 0.3 is 0 Å². The van der Waals surface area contributed by atoms with E-state index < -0.39 is 0 Å². The maximum atomic E-state index is 5.70. The molecule has 0 saturated heterocycles. The van der Waals surface area contributed by atoms with E-state index in [0.29, 0.717) is 6.61 Å². The van der Waals surface area contributed by atoms with Gasteiger partial charge in [-0.05, 0) is 25.5 Å². The fraction of sp³-hybridized carbons (Fsp3) is 0.529. The van der Waals surface area contributed by atoms with Gasteiger partial charge in [-0.25, -0.2) is 0 Å². The van der Waals surface area contributed by atoms with Crippen LogP contribution in [-0.4, -0.2) is 24.7 Å². The lowest BCUT2D eigenvalue weighted by Crippen LogP contribution is -2.26. The van der Waals surface area contributed by atoms with Crippen LogP contribution in [0.4, 0.5) is 5.69 Å². The molecule has 3 nitrogen and oxygen atoms in total. The Kier molecular flexibility index (Phi) is 5.78. The van der Waals surface area contributed by atoms with Crippen molar-refractivity contribution in [2.24, 2.45) is 0 Å². The summed E-state index contributed by atoms with van der Waals surface area (Å²) >= 11 is 0. The Hall–Kier alpha value is -1.64. The van der Waals surface area contributed by atoms with Crippen molar-refractivity contribution in [1.29, 1.82) is 0 Å². The Bertz CT molecular complexity index is 431. The predicted molar refractivity (Wildman–Crippen MR) is 84.9 cm³/mol. The van der Waals surface area contributed by atoms with E-state index >= 15 is 0 Å². The average molecular weight is 274 g/mol. The van der Waals surface area contributed by atoms with Gasteiger partial charge in [0, 0.05) is 18.9 Å². The lowest BCUT2D eigenvalue weighted by molar-refractivity contribution is 0.339. The number of hydrogen-bond donors (Lipinski definition) is 0. The second-order valence-corrected chi connectivity index (χ2v) is 5.18. The first-order valence-electron chi connectivity index (χ1n) is 7.76. The van der Waals surface area contributed by atoms with E-state index in [0.717, 1.165) is 24.7 Å². The summed E-state index contributed by atoms with van der Waals surface area (Å²) in [6, 6.07) is 8.25. The molecule has 1 heterocycles. The topological polar surface area (TPSA) is 15.7 Å². The molecule has 1 aliphatic rings. The van der Waals surface area contributed by atoms with E-state index in [1.165, 1.54) is 25.7 Å². The van der Waals surface area contributed by atoms with Crippen LogP contribution in [0.5, 0.6) is 5.75 Å². The van der Waals surface area contributed by atoms with Crippen LogP contribution >= 0.6 is 0 Å². The van der Waals surface area contributed by atoms with Crippen molar-refractivity contribution in [2.75, 3.05) is 24.7 Å². The Morgan fingerprint density at radius 2 is 1.90 bits per heavy atom. The molecule has 0 bridgehead atoms. The van der Waals surface area contributed by atoms with Gasteiger partial charge in [0.2, 0.25) is 0 Å². The lowest BCUT2D eigenvalue weighted by atomic mass is 10.2. The normalized spacial score (nSPS) is 14.1. The molecule has 0 saturated carbocycles. The third-order valence-corrected chi connectivity index (χ3v) is 3.56. The van der Waals surface area contributed by atoms with Crippen molar-refractivity contribution >= 4 is 5.69 Å². The van der Waals surface area contributed by atoms with E-state index in [1.54, 1.807) is 0 Å². The number of anilines is 1. The van der Waals surface area contributed by atoms with Crippen LogP contribution in [0.2, 0.25) is 0 Å². The number of nitrogens with zero attached hydrogens (tertiary/aromatic N) is 2.